The van der Waals surface area contributed by atoms with Crippen molar-refractivity contribution < 1.29 is 4.39 Å². The summed E-state index contributed by atoms with van der Waals surface area (Å²) < 4.78 is 13.4. The largest absolute Gasteiger partial charge is 0.248 e. The van der Waals surface area contributed by atoms with Gasteiger partial charge in [-0.05, 0) is 74.5 Å². The molecule has 1 heteroatoms. The van der Waals surface area contributed by atoms with Gasteiger partial charge in [-0.2, -0.15) is 0 Å². The van der Waals surface area contributed by atoms with Crippen LogP contribution in [-0.2, 0) is 0 Å². The van der Waals surface area contributed by atoms with Crippen LogP contribution in [0, 0.1) is 29.1 Å². The van der Waals surface area contributed by atoms with Gasteiger partial charge in [0.15, 0.2) is 0 Å². The maximum absolute atomic E-state index is 13.4. The van der Waals surface area contributed by atoms with E-state index in [1.165, 1.54) is 57.8 Å². The highest BCUT2D eigenvalue weighted by Crippen LogP contribution is 2.56. The third-order valence-corrected chi connectivity index (χ3v) is 6.53. The van der Waals surface area contributed by atoms with E-state index in [1.807, 2.05) is 0 Å². The van der Waals surface area contributed by atoms with Gasteiger partial charge in [0, 0.05) is 0 Å². The van der Waals surface area contributed by atoms with Gasteiger partial charge in [-0.25, -0.2) is 4.39 Å². The Morgan fingerprint density at radius 3 is 2.43 bits per heavy atom. The molecule has 2 aliphatic carbocycles. The van der Waals surface area contributed by atoms with Crippen molar-refractivity contribution in [2.45, 2.75) is 98.1 Å². The van der Waals surface area contributed by atoms with Crippen molar-refractivity contribution >= 4 is 0 Å². The average Bonchev–Trinajstić information content (AvgIpc) is 3.15. The van der Waals surface area contributed by atoms with Crippen molar-refractivity contribution in [3.05, 3.63) is 0 Å². The third-order valence-electron chi connectivity index (χ3n) is 6.53. The SMILES string of the molecule is CCCCC1C(C)CCCC1C(C)CC1(CC(C)F)CC1. The second kappa shape index (κ2) is 7.47. The van der Waals surface area contributed by atoms with E-state index in [9.17, 15) is 4.39 Å². The Hall–Kier alpha value is -0.0700. The molecule has 0 aliphatic heterocycles. The number of hydrogen-bond acceptors (Lipinski definition) is 0. The minimum Gasteiger partial charge on any atom is -0.248 e. The van der Waals surface area contributed by atoms with Crippen LogP contribution in [-0.4, -0.2) is 6.17 Å². The smallest absolute Gasteiger partial charge is 0.0978 e. The predicted octanol–water partition coefficient (Wildman–Crippen LogP) is 6.78. The van der Waals surface area contributed by atoms with Gasteiger partial charge in [-0.3, -0.25) is 0 Å². The van der Waals surface area contributed by atoms with Crippen molar-refractivity contribution in [3.8, 4) is 0 Å². The number of halogens is 1. The first kappa shape index (κ1) is 17.3. The van der Waals surface area contributed by atoms with E-state index < -0.39 is 6.17 Å². The van der Waals surface area contributed by atoms with Crippen LogP contribution in [0.25, 0.3) is 0 Å². The van der Waals surface area contributed by atoms with Crippen LogP contribution in [0.15, 0.2) is 0 Å². The molecule has 0 radical (unpaired) electrons. The van der Waals surface area contributed by atoms with E-state index in [1.54, 1.807) is 6.92 Å². The van der Waals surface area contributed by atoms with E-state index in [0.29, 0.717) is 5.41 Å². The summed E-state index contributed by atoms with van der Waals surface area (Å²) in [5.41, 5.74) is 0.392. The lowest BCUT2D eigenvalue weighted by molar-refractivity contribution is 0.0868. The Morgan fingerprint density at radius 1 is 1.14 bits per heavy atom. The van der Waals surface area contributed by atoms with Crippen molar-refractivity contribution in [1.82, 2.24) is 0 Å². The van der Waals surface area contributed by atoms with E-state index >= 15 is 0 Å². The molecule has 0 aromatic carbocycles. The maximum Gasteiger partial charge on any atom is 0.0978 e. The number of alkyl halides is 1. The minimum absolute atomic E-state index is 0.392. The number of unbranched alkanes of at least 4 members (excludes halogenated alkanes) is 1. The van der Waals surface area contributed by atoms with Crippen LogP contribution in [0.3, 0.4) is 0 Å². The quantitative estimate of drug-likeness (QED) is 0.463. The molecule has 2 saturated carbocycles. The first-order valence-corrected chi connectivity index (χ1v) is 9.61. The Bertz CT molecular complexity index is 305. The molecule has 5 unspecified atom stereocenters. The monoisotopic (exact) mass is 296 g/mol. The van der Waals surface area contributed by atoms with Crippen molar-refractivity contribution in [1.29, 1.82) is 0 Å². The molecule has 2 fully saturated rings. The van der Waals surface area contributed by atoms with Crippen LogP contribution >= 0.6 is 0 Å². The molecule has 124 valence electrons. The maximum atomic E-state index is 13.4. The predicted molar refractivity (Wildman–Crippen MR) is 90.2 cm³/mol. The Balaban J connectivity index is 1.93. The van der Waals surface area contributed by atoms with E-state index in [2.05, 4.69) is 20.8 Å². The molecule has 0 heterocycles. The van der Waals surface area contributed by atoms with Crippen LogP contribution in [0.1, 0.15) is 91.9 Å². The molecular formula is C20H37F. The molecule has 0 spiro atoms. The molecule has 0 aromatic heterocycles. The molecular weight excluding hydrogens is 259 g/mol. The molecule has 0 nitrogen and oxygen atoms in total. The second-order valence-electron chi connectivity index (χ2n) is 8.54. The topological polar surface area (TPSA) is 0 Å². The highest BCUT2D eigenvalue weighted by Gasteiger charge is 2.46. The van der Waals surface area contributed by atoms with Gasteiger partial charge in [0.05, 0.1) is 6.17 Å². The summed E-state index contributed by atoms with van der Waals surface area (Å²) in [6.45, 7) is 9.02. The summed E-state index contributed by atoms with van der Waals surface area (Å²) in [6, 6.07) is 0. The lowest BCUT2D eigenvalue weighted by atomic mass is 9.64. The first-order valence-electron chi connectivity index (χ1n) is 9.61. The molecule has 5 atom stereocenters. The molecule has 0 aromatic rings. The van der Waals surface area contributed by atoms with E-state index in [0.717, 1.165) is 30.1 Å². The van der Waals surface area contributed by atoms with Crippen LogP contribution in [0.4, 0.5) is 4.39 Å². The van der Waals surface area contributed by atoms with Crippen LogP contribution in [0.5, 0.6) is 0 Å². The summed E-state index contributed by atoms with van der Waals surface area (Å²) in [4.78, 5) is 0. The van der Waals surface area contributed by atoms with E-state index in [-0.39, 0.29) is 0 Å². The normalized spacial score (nSPS) is 34.4. The van der Waals surface area contributed by atoms with Gasteiger partial charge in [0.25, 0.3) is 0 Å². The zero-order valence-electron chi connectivity index (χ0n) is 14.8. The molecule has 21 heavy (non-hydrogen) atoms. The van der Waals surface area contributed by atoms with Crippen LogP contribution < -0.4 is 0 Å². The zero-order valence-corrected chi connectivity index (χ0v) is 14.8. The summed E-state index contributed by atoms with van der Waals surface area (Å²) in [7, 11) is 0. The Labute approximate surface area is 132 Å². The van der Waals surface area contributed by atoms with Gasteiger partial charge >= 0.3 is 0 Å². The molecule has 0 bridgehead atoms. The lowest BCUT2D eigenvalue weighted by Gasteiger charge is -2.41. The van der Waals surface area contributed by atoms with Gasteiger partial charge in [0.1, 0.15) is 0 Å². The first-order chi connectivity index (χ1) is 9.97. The standard InChI is InChI=1S/C20H37F/c1-5-6-9-18-15(2)8-7-10-19(18)16(3)13-20(11-12-20)14-17(4)21/h15-19H,5-14H2,1-4H3. The highest BCUT2D eigenvalue weighted by molar-refractivity contribution is 4.97. The molecule has 0 amide bonds. The lowest BCUT2D eigenvalue weighted by Crippen LogP contribution is -2.32. The summed E-state index contributed by atoms with van der Waals surface area (Å²) in [6.07, 6.45) is 12.5. The van der Waals surface area contributed by atoms with E-state index in [4.69, 9.17) is 0 Å². The summed E-state index contributed by atoms with van der Waals surface area (Å²) >= 11 is 0. The average molecular weight is 297 g/mol. The van der Waals surface area contributed by atoms with Crippen LogP contribution in [0.2, 0.25) is 0 Å². The minimum atomic E-state index is -0.610. The fourth-order valence-corrected chi connectivity index (χ4v) is 5.27. The number of rotatable bonds is 8. The molecule has 0 saturated heterocycles. The van der Waals surface area contributed by atoms with Crippen molar-refractivity contribution in [2.24, 2.45) is 29.1 Å². The fraction of sp³-hybridized carbons (Fsp3) is 1.00. The molecule has 2 aliphatic rings. The summed E-state index contributed by atoms with van der Waals surface area (Å²) in [5, 5.41) is 0. The molecule has 2 rings (SSSR count). The Kier molecular flexibility index (Phi) is 6.15. The van der Waals surface area contributed by atoms with Gasteiger partial charge in [0.2, 0.25) is 0 Å². The van der Waals surface area contributed by atoms with Crippen molar-refractivity contribution in [2.75, 3.05) is 0 Å². The zero-order chi connectivity index (χ0) is 15.5. The van der Waals surface area contributed by atoms with Gasteiger partial charge in [-0.15, -0.1) is 0 Å². The molecule has 0 N–H and O–H groups in total. The third kappa shape index (κ3) is 4.70. The fourth-order valence-electron chi connectivity index (χ4n) is 5.27. The number of hydrogen-bond donors (Lipinski definition) is 0. The van der Waals surface area contributed by atoms with Gasteiger partial charge < -0.3 is 0 Å². The summed E-state index contributed by atoms with van der Waals surface area (Å²) in [5.74, 6) is 3.56. The Morgan fingerprint density at radius 2 is 1.86 bits per heavy atom. The highest BCUT2D eigenvalue weighted by atomic mass is 19.1. The second-order valence-corrected chi connectivity index (χ2v) is 8.54. The van der Waals surface area contributed by atoms with Crippen molar-refractivity contribution in [3.63, 3.8) is 0 Å². The van der Waals surface area contributed by atoms with Gasteiger partial charge in [-0.1, -0.05) is 46.5 Å².